The van der Waals surface area contributed by atoms with Gasteiger partial charge in [-0.1, -0.05) is 30.3 Å². The number of amides is 1. The molecule has 1 amide bonds. The molecule has 7 nitrogen and oxygen atoms in total. The lowest BCUT2D eigenvalue weighted by atomic mass is 9.81. The molecule has 3 rings (SSSR count). The summed E-state index contributed by atoms with van der Waals surface area (Å²) in [7, 11) is -2.05. The van der Waals surface area contributed by atoms with Crippen molar-refractivity contribution in [1.29, 1.82) is 0 Å². The van der Waals surface area contributed by atoms with Crippen LogP contribution in [-0.4, -0.2) is 39.7 Å². The van der Waals surface area contributed by atoms with Gasteiger partial charge in [0.25, 0.3) is 0 Å². The molecule has 0 aromatic heterocycles. The summed E-state index contributed by atoms with van der Waals surface area (Å²) in [5, 5.41) is 12.6. The predicted molar refractivity (Wildman–Crippen MR) is 118 cm³/mol. The summed E-state index contributed by atoms with van der Waals surface area (Å²) in [5.74, 6) is 0.624. The molecule has 0 radical (unpaired) electrons. The van der Waals surface area contributed by atoms with Gasteiger partial charge < -0.3 is 15.2 Å². The Morgan fingerprint density at radius 2 is 1.71 bits per heavy atom. The molecule has 0 saturated heterocycles. The smallest absolute Gasteiger partial charge is 0.240 e. The highest BCUT2D eigenvalue weighted by atomic mass is 32.2. The largest absolute Gasteiger partial charge is 0.497 e. The first kappa shape index (κ1) is 23.2. The van der Waals surface area contributed by atoms with Crippen molar-refractivity contribution in [1.82, 2.24) is 10.0 Å². The van der Waals surface area contributed by atoms with Gasteiger partial charge in [-0.15, -0.1) is 0 Å². The van der Waals surface area contributed by atoms with Crippen LogP contribution in [0.1, 0.15) is 37.3 Å². The molecule has 1 saturated carbocycles. The molecule has 0 aliphatic heterocycles. The minimum atomic E-state index is -3.58. The normalized spacial score (nSPS) is 20.1. The van der Waals surface area contributed by atoms with Gasteiger partial charge in [-0.2, -0.15) is 0 Å². The lowest BCUT2D eigenvalue weighted by molar-refractivity contribution is -0.127. The first-order valence-electron chi connectivity index (χ1n) is 10.5. The molecule has 0 bridgehead atoms. The number of hydrogen-bond donors (Lipinski definition) is 3. The van der Waals surface area contributed by atoms with Gasteiger partial charge >= 0.3 is 0 Å². The third-order valence-corrected chi connectivity index (χ3v) is 7.29. The van der Waals surface area contributed by atoms with Crippen molar-refractivity contribution in [2.75, 3.05) is 20.3 Å². The number of nitrogens with one attached hydrogen (secondary N) is 2. The van der Waals surface area contributed by atoms with Crippen LogP contribution < -0.4 is 14.8 Å². The van der Waals surface area contributed by atoms with E-state index in [1.54, 1.807) is 12.1 Å². The average Bonchev–Trinajstić information content (AvgIpc) is 2.82. The number of carbonyl (C=O) groups excluding carboxylic acids is 1. The van der Waals surface area contributed by atoms with Gasteiger partial charge in [0.05, 0.1) is 24.7 Å². The summed E-state index contributed by atoms with van der Waals surface area (Å²) < 4.78 is 32.7. The van der Waals surface area contributed by atoms with Crippen LogP contribution in [0.15, 0.2) is 59.5 Å². The number of carbonyl (C=O) groups is 1. The second kappa shape index (κ2) is 10.7. The zero-order valence-corrected chi connectivity index (χ0v) is 18.5. The van der Waals surface area contributed by atoms with Crippen LogP contribution in [-0.2, 0) is 14.8 Å². The quantitative estimate of drug-likeness (QED) is 0.549. The molecule has 8 heteroatoms. The molecule has 1 atom stereocenters. The van der Waals surface area contributed by atoms with E-state index in [0.29, 0.717) is 25.1 Å². The number of ether oxygens (including phenoxy) is 1. The monoisotopic (exact) mass is 446 g/mol. The van der Waals surface area contributed by atoms with E-state index in [1.165, 1.54) is 19.2 Å². The Morgan fingerprint density at radius 3 is 2.29 bits per heavy atom. The highest BCUT2D eigenvalue weighted by molar-refractivity contribution is 7.89. The van der Waals surface area contributed by atoms with E-state index in [2.05, 4.69) is 10.0 Å². The van der Waals surface area contributed by atoms with Crippen molar-refractivity contribution in [2.24, 2.45) is 11.8 Å². The fourth-order valence-corrected chi connectivity index (χ4v) is 5.02. The van der Waals surface area contributed by atoms with Crippen molar-refractivity contribution < 1.29 is 23.1 Å². The van der Waals surface area contributed by atoms with Gasteiger partial charge in [-0.05, 0) is 61.4 Å². The summed E-state index contributed by atoms with van der Waals surface area (Å²) in [5.41, 5.74) is 0.875. The van der Waals surface area contributed by atoms with Crippen LogP contribution >= 0.6 is 0 Å². The molecule has 3 N–H and O–H groups in total. The number of aliphatic hydroxyl groups is 1. The van der Waals surface area contributed by atoms with Crippen LogP contribution in [0.5, 0.6) is 5.75 Å². The molecular weight excluding hydrogens is 416 g/mol. The molecule has 31 heavy (non-hydrogen) atoms. The lowest BCUT2D eigenvalue weighted by Crippen LogP contribution is -2.38. The average molecular weight is 447 g/mol. The van der Waals surface area contributed by atoms with Gasteiger partial charge in [-0.3, -0.25) is 4.79 Å². The van der Waals surface area contributed by atoms with E-state index >= 15 is 0 Å². The SMILES string of the molecule is COc1ccc(S(=O)(=O)NCC2CCC(C(=O)NC(CO)c3ccccc3)CC2)cc1. The molecule has 1 fully saturated rings. The van der Waals surface area contributed by atoms with Gasteiger partial charge in [0.15, 0.2) is 0 Å². The Kier molecular flexibility index (Phi) is 8.06. The van der Waals surface area contributed by atoms with Crippen molar-refractivity contribution in [3.05, 3.63) is 60.2 Å². The van der Waals surface area contributed by atoms with Crippen molar-refractivity contribution in [3.8, 4) is 5.75 Å². The molecule has 2 aromatic rings. The fourth-order valence-electron chi connectivity index (χ4n) is 3.90. The molecule has 2 aromatic carbocycles. The Morgan fingerprint density at radius 1 is 1.06 bits per heavy atom. The summed E-state index contributed by atoms with van der Waals surface area (Å²) in [4.78, 5) is 12.9. The van der Waals surface area contributed by atoms with E-state index in [4.69, 9.17) is 4.74 Å². The first-order valence-corrected chi connectivity index (χ1v) is 12.0. The van der Waals surface area contributed by atoms with E-state index in [-0.39, 0.29) is 29.2 Å². The third kappa shape index (κ3) is 6.29. The predicted octanol–water partition coefficient (Wildman–Crippen LogP) is 2.63. The number of sulfonamides is 1. The topological polar surface area (TPSA) is 105 Å². The van der Waals surface area contributed by atoms with Crippen LogP contribution in [0.2, 0.25) is 0 Å². The molecule has 1 aliphatic carbocycles. The summed E-state index contributed by atoms with van der Waals surface area (Å²) in [6, 6.07) is 15.3. The second-order valence-electron chi connectivity index (χ2n) is 7.90. The van der Waals surface area contributed by atoms with Gasteiger partial charge in [0.2, 0.25) is 15.9 Å². The van der Waals surface area contributed by atoms with Crippen LogP contribution in [0.3, 0.4) is 0 Å². The first-order chi connectivity index (χ1) is 14.9. The van der Waals surface area contributed by atoms with Crippen LogP contribution in [0.25, 0.3) is 0 Å². The molecule has 1 aliphatic rings. The van der Waals surface area contributed by atoms with E-state index < -0.39 is 16.1 Å². The Hall–Kier alpha value is -2.42. The van der Waals surface area contributed by atoms with E-state index in [1.807, 2.05) is 30.3 Å². The van der Waals surface area contributed by atoms with Crippen molar-refractivity contribution in [3.63, 3.8) is 0 Å². The maximum Gasteiger partial charge on any atom is 0.240 e. The summed E-state index contributed by atoms with van der Waals surface area (Å²) in [6.45, 7) is 0.199. The van der Waals surface area contributed by atoms with Gasteiger partial charge in [-0.25, -0.2) is 13.1 Å². The number of aliphatic hydroxyl groups excluding tert-OH is 1. The molecule has 0 heterocycles. The zero-order valence-electron chi connectivity index (χ0n) is 17.7. The number of rotatable bonds is 9. The second-order valence-corrected chi connectivity index (χ2v) is 9.67. The Labute approximate surface area is 183 Å². The number of methoxy groups -OCH3 is 1. The summed E-state index contributed by atoms with van der Waals surface area (Å²) >= 11 is 0. The van der Waals surface area contributed by atoms with Gasteiger partial charge in [0, 0.05) is 12.5 Å². The van der Waals surface area contributed by atoms with E-state index in [0.717, 1.165) is 18.4 Å². The Balaban J connectivity index is 1.47. The number of benzene rings is 2. The Bertz CT molecular complexity index is 940. The number of hydrogen-bond acceptors (Lipinski definition) is 5. The maximum absolute atomic E-state index is 12.7. The summed E-state index contributed by atoms with van der Waals surface area (Å²) in [6.07, 6.45) is 2.96. The minimum absolute atomic E-state index is 0.0554. The standard InChI is InChI=1S/C23H30N2O5S/c1-30-20-11-13-21(14-12-20)31(28,29)24-15-17-7-9-19(10-8-17)23(27)25-22(16-26)18-5-3-2-4-6-18/h2-6,11-14,17,19,22,24,26H,7-10,15-16H2,1H3,(H,25,27). The fraction of sp³-hybridized carbons (Fsp3) is 0.435. The zero-order chi connectivity index (χ0) is 22.3. The molecular formula is C23H30N2O5S. The highest BCUT2D eigenvalue weighted by Gasteiger charge is 2.28. The third-order valence-electron chi connectivity index (χ3n) is 5.85. The molecule has 1 unspecified atom stereocenters. The highest BCUT2D eigenvalue weighted by Crippen LogP contribution is 2.29. The minimum Gasteiger partial charge on any atom is -0.497 e. The molecule has 0 spiro atoms. The molecule has 168 valence electrons. The van der Waals surface area contributed by atoms with Gasteiger partial charge in [0.1, 0.15) is 5.75 Å². The van der Waals surface area contributed by atoms with Crippen LogP contribution in [0, 0.1) is 11.8 Å². The van der Waals surface area contributed by atoms with Crippen molar-refractivity contribution >= 4 is 15.9 Å². The van der Waals surface area contributed by atoms with Crippen LogP contribution in [0.4, 0.5) is 0 Å². The van der Waals surface area contributed by atoms with Crippen molar-refractivity contribution in [2.45, 2.75) is 36.6 Å². The maximum atomic E-state index is 12.7. The lowest BCUT2D eigenvalue weighted by Gasteiger charge is -2.29. The van der Waals surface area contributed by atoms with E-state index in [9.17, 15) is 18.3 Å².